The number of hydrogen-bond donors (Lipinski definition) is 1. The van der Waals surface area contributed by atoms with Crippen LogP contribution in [0.25, 0.3) is 0 Å². The summed E-state index contributed by atoms with van der Waals surface area (Å²) in [6.45, 7) is 4.31. The van der Waals surface area contributed by atoms with Crippen molar-refractivity contribution < 1.29 is 14.6 Å². The lowest BCUT2D eigenvalue weighted by Crippen LogP contribution is -2.23. The van der Waals surface area contributed by atoms with Crippen LogP contribution in [0, 0.1) is 5.41 Å². The van der Waals surface area contributed by atoms with Gasteiger partial charge in [-0.3, -0.25) is 4.79 Å². The Morgan fingerprint density at radius 3 is 2.64 bits per heavy atom. The Morgan fingerprint density at radius 1 is 1.73 bits per heavy atom. The molecule has 1 aliphatic heterocycles. The number of hydrogen-bond acceptors (Lipinski definition) is 2. The van der Waals surface area contributed by atoms with Gasteiger partial charge in [-0.15, -0.1) is 0 Å². The second-order valence-corrected chi connectivity index (χ2v) is 3.68. The van der Waals surface area contributed by atoms with Crippen LogP contribution in [0.4, 0.5) is 0 Å². The fraction of sp³-hybridized carbons (Fsp3) is 0.875. The van der Waals surface area contributed by atoms with E-state index in [1.807, 2.05) is 0 Å². The summed E-state index contributed by atoms with van der Waals surface area (Å²) < 4.78 is 4.99. The molecular weight excluding hydrogens is 144 g/mol. The maximum absolute atomic E-state index is 10.6. The van der Waals surface area contributed by atoms with Gasteiger partial charge in [0.1, 0.15) is 0 Å². The minimum atomic E-state index is -0.724. The van der Waals surface area contributed by atoms with E-state index in [1.165, 1.54) is 0 Å². The Morgan fingerprint density at radius 2 is 2.27 bits per heavy atom. The Balaban J connectivity index is 2.26. The number of rotatable bonds is 4. The van der Waals surface area contributed by atoms with Gasteiger partial charge in [-0.1, -0.05) is 0 Å². The molecule has 0 radical (unpaired) electrons. The third-order valence-electron chi connectivity index (χ3n) is 2.07. The van der Waals surface area contributed by atoms with E-state index in [9.17, 15) is 4.79 Å². The molecule has 64 valence electrons. The van der Waals surface area contributed by atoms with Crippen molar-refractivity contribution in [2.75, 3.05) is 6.61 Å². The fourth-order valence-corrected chi connectivity index (χ4v) is 0.863. The van der Waals surface area contributed by atoms with Crippen LogP contribution in [0.5, 0.6) is 0 Å². The van der Waals surface area contributed by atoms with Gasteiger partial charge in [-0.25, -0.2) is 0 Å². The molecule has 1 fully saturated rings. The van der Waals surface area contributed by atoms with E-state index in [2.05, 4.69) is 0 Å². The first-order valence-electron chi connectivity index (χ1n) is 3.87. The van der Waals surface area contributed by atoms with E-state index in [0.29, 0.717) is 12.5 Å². The summed E-state index contributed by atoms with van der Waals surface area (Å²) in [5.41, 5.74) is -0.591. The Hall–Kier alpha value is -0.570. The summed E-state index contributed by atoms with van der Waals surface area (Å²) in [4.78, 5) is 10.6. The first kappa shape index (κ1) is 8.53. The average Bonchev–Trinajstić information content (AvgIpc) is 2.65. The maximum atomic E-state index is 10.6. The predicted molar refractivity (Wildman–Crippen MR) is 40.4 cm³/mol. The van der Waals surface area contributed by atoms with Crippen molar-refractivity contribution in [3.8, 4) is 0 Å². The van der Waals surface area contributed by atoms with Crippen molar-refractivity contribution in [2.45, 2.75) is 32.8 Å². The highest BCUT2D eigenvalue weighted by Gasteiger charge is 2.31. The Labute approximate surface area is 66.4 Å². The molecule has 0 spiro atoms. The van der Waals surface area contributed by atoms with Crippen molar-refractivity contribution in [1.29, 1.82) is 0 Å². The highest BCUT2D eigenvalue weighted by molar-refractivity contribution is 5.73. The molecular formula is C8H14O3. The molecule has 1 rings (SSSR count). The van der Waals surface area contributed by atoms with Gasteiger partial charge in [0.05, 0.1) is 18.1 Å². The molecule has 1 unspecified atom stereocenters. The van der Waals surface area contributed by atoms with Crippen LogP contribution in [0.3, 0.4) is 0 Å². The van der Waals surface area contributed by atoms with Crippen molar-refractivity contribution in [1.82, 2.24) is 0 Å². The van der Waals surface area contributed by atoms with Gasteiger partial charge in [-0.2, -0.15) is 0 Å². The van der Waals surface area contributed by atoms with E-state index in [4.69, 9.17) is 9.84 Å². The lowest BCUT2D eigenvalue weighted by molar-refractivity contribution is -0.147. The molecule has 0 aromatic heterocycles. The van der Waals surface area contributed by atoms with Crippen molar-refractivity contribution in [2.24, 2.45) is 5.41 Å². The Kier molecular flexibility index (Phi) is 2.18. The fourth-order valence-electron chi connectivity index (χ4n) is 0.863. The number of carboxylic acids is 1. The van der Waals surface area contributed by atoms with Gasteiger partial charge >= 0.3 is 5.97 Å². The minimum Gasteiger partial charge on any atom is -0.481 e. The molecule has 0 aromatic carbocycles. The van der Waals surface area contributed by atoms with Crippen LogP contribution >= 0.6 is 0 Å². The number of epoxide rings is 1. The number of aliphatic carboxylic acids is 1. The molecule has 0 bridgehead atoms. The standard InChI is InChI=1S/C8H14O3/c1-8(2,7(9)10)4-3-6-5-11-6/h6H,3-5H2,1-2H3,(H,9,10). The molecule has 0 aromatic rings. The van der Waals surface area contributed by atoms with E-state index in [1.54, 1.807) is 13.8 Å². The van der Waals surface area contributed by atoms with Crippen LogP contribution in [0.1, 0.15) is 26.7 Å². The summed E-state index contributed by atoms with van der Waals surface area (Å²) in [5.74, 6) is -0.724. The van der Waals surface area contributed by atoms with Crippen molar-refractivity contribution in [3.05, 3.63) is 0 Å². The molecule has 0 saturated carbocycles. The number of carboxylic acid groups (broad SMARTS) is 1. The largest absolute Gasteiger partial charge is 0.481 e. The van der Waals surface area contributed by atoms with Crippen molar-refractivity contribution >= 4 is 5.97 Å². The predicted octanol–water partition coefficient (Wildman–Crippen LogP) is 1.28. The van der Waals surface area contributed by atoms with E-state index < -0.39 is 11.4 Å². The van der Waals surface area contributed by atoms with Crippen LogP contribution in [0.15, 0.2) is 0 Å². The summed E-state index contributed by atoms with van der Waals surface area (Å²) in [5, 5.41) is 8.73. The SMILES string of the molecule is CC(C)(CCC1CO1)C(=O)O. The topological polar surface area (TPSA) is 49.8 Å². The molecule has 0 amide bonds. The highest BCUT2D eigenvalue weighted by atomic mass is 16.6. The van der Waals surface area contributed by atoms with Gasteiger partial charge in [0.15, 0.2) is 0 Å². The van der Waals surface area contributed by atoms with Gasteiger partial charge in [0.25, 0.3) is 0 Å². The normalized spacial score (nSPS) is 23.3. The van der Waals surface area contributed by atoms with Crippen molar-refractivity contribution in [3.63, 3.8) is 0 Å². The maximum Gasteiger partial charge on any atom is 0.309 e. The molecule has 1 aliphatic rings. The molecule has 0 aliphatic carbocycles. The first-order chi connectivity index (χ1) is 5.02. The minimum absolute atomic E-state index is 0.341. The summed E-state index contributed by atoms with van der Waals surface area (Å²) >= 11 is 0. The lowest BCUT2D eigenvalue weighted by atomic mass is 9.87. The quantitative estimate of drug-likeness (QED) is 0.627. The second-order valence-electron chi connectivity index (χ2n) is 3.68. The van der Waals surface area contributed by atoms with Gasteiger partial charge in [-0.05, 0) is 26.7 Å². The molecule has 11 heavy (non-hydrogen) atoms. The molecule has 3 heteroatoms. The lowest BCUT2D eigenvalue weighted by Gasteiger charge is -2.17. The summed E-state index contributed by atoms with van der Waals surface area (Å²) in [7, 11) is 0. The summed E-state index contributed by atoms with van der Waals surface area (Å²) in [6.07, 6.45) is 1.92. The van der Waals surface area contributed by atoms with E-state index in [0.717, 1.165) is 13.0 Å². The molecule has 1 heterocycles. The van der Waals surface area contributed by atoms with Gasteiger partial charge in [0.2, 0.25) is 0 Å². The van der Waals surface area contributed by atoms with Gasteiger partial charge < -0.3 is 9.84 Å². The number of carbonyl (C=O) groups is 1. The Bertz CT molecular complexity index is 159. The average molecular weight is 158 g/mol. The van der Waals surface area contributed by atoms with Crippen LogP contribution in [-0.2, 0) is 9.53 Å². The second kappa shape index (κ2) is 2.81. The number of ether oxygens (including phenoxy) is 1. The van der Waals surface area contributed by atoms with Crippen LogP contribution in [0.2, 0.25) is 0 Å². The van der Waals surface area contributed by atoms with E-state index >= 15 is 0 Å². The smallest absolute Gasteiger partial charge is 0.309 e. The highest BCUT2D eigenvalue weighted by Crippen LogP contribution is 2.27. The summed E-state index contributed by atoms with van der Waals surface area (Å²) in [6, 6.07) is 0. The molecule has 1 atom stereocenters. The van der Waals surface area contributed by atoms with Crippen LogP contribution < -0.4 is 0 Å². The zero-order valence-corrected chi connectivity index (χ0v) is 6.96. The van der Waals surface area contributed by atoms with Gasteiger partial charge in [0, 0.05) is 0 Å². The van der Waals surface area contributed by atoms with Crippen LogP contribution in [-0.4, -0.2) is 23.8 Å². The van der Waals surface area contributed by atoms with E-state index in [-0.39, 0.29) is 0 Å². The zero-order valence-electron chi connectivity index (χ0n) is 6.96. The molecule has 1 saturated heterocycles. The zero-order chi connectivity index (χ0) is 8.48. The molecule has 3 nitrogen and oxygen atoms in total. The third-order valence-corrected chi connectivity index (χ3v) is 2.07. The molecule has 1 N–H and O–H groups in total. The third kappa shape index (κ3) is 2.50. The monoisotopic (exact) mass is 158 g/mol. The first-order valence-corrected chi connectivity index (χ1v) is 3.87.